The first-order valence-electron chi connectivity index (χ1n) is 14.0. The number of fused-ring (bicyclic) bond motifs is 2. The molecule has 8 nitrogen and oxygen atoms in total. The number of anilines is 1. The SMILES string of the molecule is COc1cc(F)c(OC2CCCCC2)cc1C(=O)N[C@@H]1[C@H]2CC[C@H](C2)[C@@H]1C(=O)Nc1cccc(S(=O)(=O)C(F)(F)F)c1. The van der Waals surface area contributed by atoms with Crippen molar-refractivity contribution in [1.29, 1.82) is 0 Å². The molecule has 0 heterocycles. The number of rotatable bonds is 8. The second kappa shape index (κ2) is 11.7. The molecule has 4 atom stereocenters. The maximum absolute atomic E-state index is 14.8. The average molecular weight is 613 g/mol. The lowest BCUT2D eigenvalue weighted by Crippen LogP contribution is -2.48. The van der Waals surface area contributed by atoms with E-state index < -0.39 is 49.8 Å². The maximum Gasteiger partial charge on any atom is 0.501 e. The van der Waals surface area contributed by atoms with Crippen LogP contribution < -0.4 is 20.1 Å². The normalized spacial score (nSPS) is 24.3. The third-order valence-electron chi connectivity index (χ3n) is 8.58. The number of benzene rings is 2. The van der Waals surface area contributed by atoms with Gasteiger partial charge in [-0.05, 0) is 81.0 Å². The van der Waals surface area contributed by atoms with Gasteiger partial charge in [-0.15, -0.1) is 0 Å². The van der Waals surface area contributed by atoms with Crippen molar-refractivity contribution in [3.63, 3.8) is 0 Å². The van der Waals surface area contributed by atoms with Crippen LogP contribution in [0.15, 0.2) is 41.3 Å². The average Bonchev–Trinajstić information content (AvgIpc) is 3.56. The highest BCUT2D eigenvalue weighted by molar-refractivity contribution is 7.92. The van der Waals surface area contributed by atoms with E-state index in [-0.39, 0.29) is 40.7 Å². The van der Waals surface area contributed by atoms with Crippen LogP contribution in [0.4, 0.5) is 23.2 Å². The summed E-state index contributed by atoms with van der Waals surface area (Å²) in [6.45, 7) is 0. The van der Waals surface area contributed by atoms with Crippen molar-refractivity contribution in [3.8, 4) is 11.5 Å². The fourth-order valence-electron chi connectivity index (χ4n) is 6.54. The van der Waals surface area contributed by atoms with Crippen molar-refractivity contribution in [2.45, 2.75) is 73.9 Å². The number of carbonyl (C=O) groups excluding carboxylic acids is 2. The van der Waals surface area contributed by atoms with Crippen LogP contribution >= 0.6 is 0 Å². The van der Waals surface area contributed by atoms with Gasteiger partial charge in [-0.3, -0.25) is 9.59 Å². The molecule has 2 amide bonds. The highest BCUT2D eigenvalue weighted by Gasteiger charge is 2.52. The second-order valence-corrected chi connectivity index (χ2v) is 13.1. The molecular formula is C29H32F4N2O6S. The topological polar surface area (TPSA) is 111 Å². The summed E-state index contributed by atoms with van der Waals surface area (Å²) in [6, 6.07) is 5.79. The lowest BCUT2D eigenvalue weighted by atomic mass is 9.83. The predicted molar refractivity (Wildman–Crippen MR) is 144 cm³/mol. The summed E-state index contributed by atoms with van der Waals surface area (Å²) in [5.74, 6) is -2.62. The highest BCUT2D eigenvalue weighted by Crippen LogP contribution is 2.49. The summed E-state index contributed by atoms with van der Waals surface area (Å²) in [4.78, 5) is 25.9. The van der Waals surface area contributed by atoms with E-state index in [9.17, 15) is 35.6 Å². The molecule has 228 valence electrons. The second-order valence-electron chi connectivity index (χ2n) is 11.2. The van der Waals surface area contributed by atoms with E-state index in [0.717, 1.165) is 69.2 Å². The molecule has 0 spiro atoms. The van der Waals surface area contributed by atoms with Crippen LogP contribution in [0.3, 0.4) is 0 Å². The van der Waals surface area contributed by atoms with Gasteiger partial charge in [-0.1, -0.05) is 12.5 Å². The van der Waals surface area contributed by atoms with Crippen molar-refractivity contribution in [2.75, 3.05) is 12.4 Å². The summed E-state index contributed by atoms with van der Waals surface area (Å²) in [5.41, 5.74) is -5.54. The van der Waals surface area contributed by atoms with Crippen molar-refractivity contribution in [2.24, 2.45) is 17.8 Å². The zero-order valence-corrected chi connectivity index (χ0v) is 23.7. The van der Waals surface area contributed by atoms with Crippen LogP contribution in [0.2, 0.25) is 0 Å². The zero-order valence-electron chi connectivity index (χ0n) is 22.9. The minimum atomic E-state index is -5.60. The Bertz CT molecular complexity index is 1460. The number of methoxy groups -OCH3 is 1. The number of amides is 2. The number of sulfone groups is 1. The molecule has 3 fully saturated rings. The number of carbonyl (C=O) groups is 2. The molecule has 13 heteroatoms. The Morgan fingerprint density at radius 2 is 1.67 bits per heavy atom. The summed E-state index contributed by atoms with van der Waals surface area (Å²) in [6.07, 6.45) is 6.65. The fourth-order valence-corrected chi connectivity index (χ4v) is 7.35. The summed E-state index contributed by atoms with van der Waals surface area (Å²) < 4.78 is 88.8. The van der Waals surface area contributed by atoms with E-state index >= 15 is 0 Å². The number of halogens is 4. The number of hydrogen-bond acceptors (Lipinski definition) is 6. The van der Waals surface area contributed by atoms with Crippen molar-refractivity contribution in [3.05, 3.63) is 47.8 Å². The van der Waals surface area contributed by atoms with Crippen LogP contribution in [-0.4, -0.2) is 45.0 Å². The molecule has 0 aromatic heterocycles. The van der Waals surface area contributed by atoms with Gasteiger partial charge < -0.3 is 20.1 Å². The third-order valence-corrected chi connectivity index (χ3v) is 10.1. The first-order chi connectivity index (χ1) is 19.9. The minimum absolute atomic E-state index is 0.00726. The van der Waals surface area contributed by atoms with E-state index in [0.29, 0.717) is 6.42 Å². The zero-order chi connectivity index (χ0) is 30.2. The van der Waals surface area contributed by atoms with Gasteiger partial charge in [0.1, 0.15) is 5.75 Å². The van der Waals surface area contributed by atoms with Crippen molar-refractivity contribution in [1.82, 2.24) is 5.32 Å². The largest absolute Gasteiger partial charge is 0.501 e. The van der Waals surface area contributed by atoms with E-state index in [4.69, 9.17) is 9.47 Å². The van der Waals surface area contributed by atoms with Gasteiger partial charge in [0.25, 0.3) is 15.7 Å². The van der Waals surface area contributed by atoms with Crippen molar-refractivity contribution >= 4 is 27.3 Å². The highest BCUT2D eigenvalue weighted by atomic mass is 32.2. The van der Waals surface area contributed by atoms with Gasteiger partial charge in [-0.2, -0.15) is 13.2 Å². The molecule has 3 saturated carbocycles. The number of nitrogens with one attached hydrogen (secondary N) is 2. The van der Waals surface area contributed by atoms with E-state index in [1.165, 1.54) is 19.2 Å². The Morgan fingerprint density at radius 1 is 0.952 bits per heavy atom. The summed E-state index contributed by atoms with van der Waals surface area (Å²) in [5, 5.41) is 5.47. The van der Waals surface area contributed by atoms with Crippen LogP contribution in [0.25, 0.3) is 0 Å². The Balaban J connectivity index is 1.34. The van der Waals surface area contributed by atoms with Gasteiger partial charge in [0.2, 0.25) is 5.91 Å². The lowest BCUT2D eigenvalue weighted by molar-refractivity contribution is -0.122. The van der Waals surface area contributed by atoms with E-state index in [2.05, 4.69) is 10.6 Å². The summed E-state index contributed by atoms with van der Waals surface area (Å²) >= 11 is 0. The van der Waals surface area contributed by atoms with Crippen LogP contribution in [0, 0.1) is 23.6 Å². The fraction of sp³-hybridized carbons (Fsp3) is 0.517. The molecule has 2 aromatic rings. The molecule has 42 heavy (non-hydrogen) atoms. The Labute approximate surface area is 241 Å². The molecule has 3 aliphatic rings. The summed E-state index contributed by atoms with van der Waals surface area (Å²) in [7, 11) is -4.29. The van der Waals surface area contributed by atoms with Gasteiger partial charge in [0.05, 0.1) is 29.6 Å². The molecular weight excluding hydrogens is 580 g/mol. The Kier molecular flexibility index (Phi) is 8.41. The van der Waals surface area contributed by atoms with Gasteiger partial charge in [0, 0.05) is 17.8 Å². The van der Waals surface area contributed by atoms with E-state index in [1.54, 1.807) is 0 Å². The Morgan fingerprint density at radius 3 is 2.36 bits per heavy atom. The van der Waals surface area contributed by atoms with Crippen LogP contribution in [0.5, 0.6) is 11.5 Å². The molecule has 0 aliphatic heterocycles. The number of hydrogen-bond donors (Lipinski definition) is 2. The number of ether oxygens (including phenoxy) is 2. The van der Waals surface area contributed by atoms with Crippen LogP contribution in [0.1, 0.15) is 61.7 Å². The van der Waals surface area contributed by atoms with Crippen molar-refractivity contribution < 1.29 is 45.0 Å². The van der Waals surface area contributed by atoms with Gasteiger partial charge in [0.15, 0.2) is 11.6 Å². The maximum atomic E-state index is 14.8. The van der Waals surface area contributed by atoms with Crippen LogP contribution in [-0.2, 0) is 14.6 Å². The molecule has 0 radical (unpaired) electrons. The standard InChI is InChI=1S/C29H32F4N2O6S/c1-40-23-15-22(30)24(41-19-7-3-2-4-8-19)14-21(23)27(36)35-26-17-11-10-16(12-17)25(26)28(37)34-18-6-5-9-20(13-18)42(38,39)29(31,32)33/h5-6,9,13-17,19,25-26H,2-4,7-8,10-12H2,1H3,(H,34,37)(H,35,36)/t16-,17+,25+,26-/m1/s1. The minimum Gasteiger partial charge on any atom is -0.496 e. The monoisotopic (exact) mass is 612 g/mol. The first-order valence-corrected chi connectivity index (χ1v) is 15.4. The molecule has 3 aliphatic carbocycles. The third kappa shape index (κ3) is 5.93. The molecule has 2 N–H and O–H groups in total. The molecule has 2 aromatic carbocycles. The number of alkyl halides is 3. The first kappa shape index (κ1) is 30.1. The quantitative estimate of drug-likeness (QED) is 0.375. The molecule has 5 rings (SSSR count). The van der Waals surface area contributed by atoms with E-state index in [1.807, 2.05) is 0 Å². The predicted octanol–water partition coefficient (Wildman–Crippen LogP) is 5.62. The lowest BCUT2D eigenvalue weighted by Gasteiger charge is -2.31. The molecule has 2 bridgehead atoms. The molecule has 0 unspecified atom stereocenters. The van der Waals surface area contributed by atoms with Gasteiger partial charge in [-0.25, -0.2) is 12.8 Å². The smallest absolute Gasteiger partial charge is 0.496 e. The molecule has 0 saturated heterocycles. The van der Waals surface area contributed by atoms with Gasteiger partial charge >= 0.3 is 5.51 Å². The Hall–Kier alpha value is -3.35.